The molecule has 5 nitrogen and oxygen atoms in total. The summed E-state index contributed by atoms with van der Waals surface area (Å²) in [5.41, 5.74) is 3.30. The van der Waals surface area contributed by atoms with Crippen LogP contribution in [0.1, 0.15) is 72.8 Å². The number of nitrogens with one attached hydrogen (secondary N) is 1. The summed E-state index contributed by atoms with van der Waals surface area (Å²) < 4.78 is 14.3. The quantitative estimate of drug-likeness (QED) is 0.352. The number of piperazine rings is 1. The number of hydrogen-bond donors (Lipinski definition) is 1. The topological polar surface area (TPSA) is 43.2 Å². The van der Waals surface area contributed by atoms with Crippen molar-refractivity contribution in [1.82, 2.24) is 15.1 Å². The minimum Gasteiger partial charge on any atom is -0.368 e. The fourth-order valence-electron chi connectivity index (χ4n) is 4.94. The normalized spacial score (nSPS) is 19.7. The predicted octanol–water partition coefficient (Wildman–Crippen LogP) is 6.41. The molecule has 1 aliphatic carbocycles. The molecule has 196 valence electrons. The van der Waals surface area contributed by atoms with Crippen molar-refractivity contribution in [1.29, 1.82) is 0 Å². The Labute approximate surface area is 217 Å². The Morgan fingerprint density at radius 2 is 1.75 bits per heavy atom. The summed E-state index contributed by atoms with van der Waals surface area (Å²) in [5, 5.41) is 3.47. The van der Waals surface area contributed by atoms with Crippen LogP contribution in [0.5, 0.6) is 0 Å². The minimum atomic E-state index is -0.277. The van der Waals surface area contributed by atoms with E-state index in [1.807, 2.05) is 39.0 Å². The van der Waals surface area contributed by atoms with Crippen LogP contribution in [-0.4, -0.2) is 59.1 Å². The number of benzene rings is 1. The summed E-state index contributed by atoms with van der Waals surface area (Å²) in [5.74, 6) is 1.32. The summed E-state index contributed by atoms with van der Waals surface area (Å²) in [6.45, 7) is 20.8. The second-order valence-corrected chi connectivity index (χ2v) is 10.9. The predicted molar refractivity (Wildman–Crippen MR) is 152 cm³/mol. The molecule has 0 atom stereocenters. The van der Waals surface area contributed by atoms with Crippen LogP contribution < -0.4 is 5.32 Å². The van der Waals surface area contributed by atoms with Crippen LogP contribution in [0.15, 0.2) is 64.4 Å². The van der Waals surface area contributed by atoms with Crippen molar-refractivity contribution < 1.29 is 4.39 Å². The highest BCUT2D eigenvalue weighted by Crippen LogP contribution is 2.25. The van der Waals surface area contributed by atoms with Gasteiger partial charge in [-0.25, -0.2) is 14.4 Å². The van der Waals surface area contributed by atoms with Gasteiger partial charge in [0, 0.05) is 48.9 Å². The molecule has 1 saturated carbocycles. The number of allylic oxidation sites excluding steroid dienone is 3. The SMILES string of the molecule is C=C(/N=C(\C=C/C)C(/C)=C(/N=C(C)N1CCN(C(C)(C)C)CC1)c1cccc(F)c1)NC1CCCC1. The van der Waals surface area contributed by atoms with Gasteiger partial charge in [-0.3, -0.25) is 4.90 Å². The van der Waals surface area contributed by atoms with E-state index in [1.54, 1.807) is 12.1 Å². The first-order valence-electron chi connectivity index (χ1n) is 13.3. The lowest BCUT2D eigenvalue weighted by atomic mass is 10.0. The molecule has 6 heteroatoms. The molecule has 1 N–H and O–H groups in total. The summed E-state index contributed by atoms with van der Waals surface area (Å²) in [7, 11) is 0. The van der Waals surface area contributed by atoms with Crippen LogP contribution in [0.25, 0.3) is 5.70 Å². The number of nitrogens with zero attached hydrogens (tertiary/aromatic N) is 4. The van der Waals surface area contributed by atoms with Gasteiger partial charge in [-0.1, -0.05) is 37.6 Å². The van der Waals surface area contributed by atoms with Crippen LogP contribution in [0, 0.1) is 5.82 Å². The van der Waals surface area contributed by atoms with Crippen LogP contribution >= 0.6 is 0 Å². The Kier molecular flexibility index (Phi) is 9.66. The number of hydrogen-bond acceptors (Lipinski definition) is 4. The Hall–Kier alpha value is -2.73. The van der Waals surface area contributed by atoms with E-state index in [1.165, 1.54) is 18.9 Å². The van der Waals surface area contributed by atoms with Crippen molar-refractivity contribution >= 4 is 17.2 Å². The monoisotopic (exact) mass is 493 g/mol. The number of aliphatic imine (C=N–C) groups is 2. The number of halogens is 1. The molecule has 1 aromatic carbocycles. The van der Waals surface area contributed by atoms with Crippen molar-refractivity contribution in [3.05, 3.63) is 65.8 Å². The summed E-state index contributed by atoms with van der Waals surface area (Å²) in [6.07, 6.45) is 8.75. The van der Waals surface area contributed by atoms with Gasteiger partial charge < -0.3 is 10.2 Å². The first-order valence-corrected chi connectivity index (χ1v) is 13.3. The van der Waals surface area contributed by atoms with Gasteiger partial charge in [0.1, 0.15) is 17.5 Å². The van der Waals surface area contributed by atoms with E-state index in [2.05, 4.69) is 42.5 Å². The molecule has 0 unspecified atom stereocenters. The van der Waals surface area contributed by atoms with E-state index in [0.717, 1.165) is 67.4 Å². The van der Waals surface area contributed by atoms with Crippen LogP contribution in [0.3, 0.4) is 0 Å². The molecule has 2 fully saturated rings. The van der Waals surface area contributed by atoms with Crippen molar-refractivity contribution in [2.24, 2.45) is 9.98 Å². The second kappa shape index (κ2) is 12.5. The van der Waals surface area contributed by atoms with Crippen LogP contribution in [0.2, 0.25) is 0 Å². The maximum absolute atomic E-state index is 14.3. The third-order valence-corrected chi connectivity index (χ3v) is 7.10. The Bertz CT molecular complexity index is 1030. The van der Waals surface area contributed by atoms with Gasteiger partial charge in [-0.15, -0.1) is 0 Å². The van der Waals surface area contributed by atoms with Crippen molar-refractivity contribution in [2.45, 2.75) is 78.8 Å². The van der Waals surface area contributed by atoms with Gasteiger partial charge >= 0.3 is 0 Å². The molecule has 2 aliphatic rings. The van der Waals surface area contributed by atoms with Crippen molar-refractivity contribution in [3.8, 4) is 0 Å². The molecular formula is C30H44FN5. The zero-order chi connectivity index (χ0) is 26.3. The fourth-order valence-corrected chi connectivity index (χ4v) is 4.94. The zero-order valence-electron chi connectivity index (χ0n) is 23.1. The lowest BCUT2D eigenvalue weighted by molar-refractivity contribution is 0.0881. The lowest BCUT2D eigenvalue weighted by Gasteiger charge is -2.42. The maximum atomic E-state index is 14.3. The zero-order valence-corrected chi connectivity index (χ0v) is 23.1. The van der Waals surface area contributed by atoms with Gasteiger partial charge in [0.25, 0.3) is 0 Å². The first-order chi connectivity index (χ1) is 17.1. The molecule has 0 radical (unpaired) electrons. The highest BCUT2D eigenvalue weighted by Gasteiger charge is 2.26. The van der Waals surface area contributed by atoms with E-state index in [0.29, 0.717) is 11.9 Å². The van der Waals surface area contributed by atoms with Crippen LogP contribution in [0.4, 0.5) is 4.39 Å². The smallest absolute Gasteiger partial charge is 0.123 e. The second-order valence-electron chi connectivity index (χ2n) is 10.9. The Morgan fingerprint density at radius 3 is 2.33 bits per heavy atom. The molecule has 1 aliphatic heterocycles. The van der Waals surface area contributed by atoms with Crippen molar-refractivity contribution in [3.63, 3.8) is 0 Å². The largest absolute Gasteiger partial charge is 0.368 e. The molecule has 0 spiro atoms. The highest BCUT2D eigenvalue weighted by molar-refractivity contribution is 6.13. The van der Waals surface area contributed by atoms with Gasteiger partial charge in [0.05, 0.1) is 11.4 Å². The average molecular weight is 494 g/mol. The highest BCUT2D eigenvalue weighted by atomic mass is 19.1. The standard InChI is InChI=1S/C30H44FN5/c1-8-12-28(33-23(3)32-27-15-9-10-16-27)22(2)29(25-13-11-14-26(31)21-25)34-24(4)35-17-19-36(20-18-35)30(5,6)7/h8,11-14,21,27,32H,3,9-10,15-20H2,1-2,4-7H3/b12-8-,29-22+,33-28+,34-24?. The molecule has 0 bridgehead atoms. The molecule has 1 saturated heterocycles. The van der Waals surface area contributed by atoms with Gasteiger partial charge in [-0.05, 0) is 72.6 Å². The molecule has 36 heavy (non-hydrogen) atoms. The van der Waals surface area contributed by atoms with E-state index in [-0.39, 0.29) is 11.4 Å². The maximum Gasteiger partial charge on any atom is 0.123 e. The molecule has 3 rings (SSSR count). The Balaban J connectivity index is 1.95. The number of rotatable bonds is 7. The fraction of sp³-hybridized carbons (Fsp3) is 0.533. The van der Waals surface area contributed by atoms with Gasteiger partial charge in [-0.2, -0.15) is 0 Å². The third kappa shape index (κ3) is 7.63. The van der Waals surface area contributed by atoms with E-state index in [4.69, 9.17) is 9.98 Å². The lowest BCUT2D eigenvalue weighted by Crippen LogP contribution is -2.54. The van der Waals surface area contributed by atoms with Crippen LogP contribution in [-0.2, 0) is 0 Å². The van der Waals surface area contributed by atoms with E-state index in [9.17, 15) is 4.39 Å². The summed E-state index contributed by atoms with van der Waals surface area (Å²) in [4.78, 5) is 14.7. The molecule has 1 heterocycles. The van der Waals surface area contributed by atoms with E-state index >= 15 is 0 Å². The molecule has 1 aromatic rings. The number of amidine groups is 1. The molecular weight excluding hydrogens is 449 g/mol. The summed E-state index contributed by atoms with van der Waals surface area (Å²) >= 11 is 0. The van der Waals surface area contributed by atoms with E-state index < -0.39 is 0 Å². The van der Waals surface area contributed by atoms with Crippen molar-refractivity contribution in [2.75, 3.05) is 26.2 Å². The van der Waals surface area contributed by atoms with Gasteiger partial charge in [0.15, 0.2) is 0 Å². The minimum absolute atomic E-state index is 0.160. The Morgan fingerprint density at radius 1 is 1.08 bits per heavy atom. The van der Waals surface area contributed by atoms with Gasteiger partial charge in [0.2, 0.25) is 0 Å². The average Bonchev–Trinajstić information content (AvgIpc) is 3.34. The summed E-state index contributed by atoms with van der Waals surface area (Å²) in [6, 6.07) is 7.10. The third-order valence-electron chi connectivity index (χ3n) is 7.10. The molecule has 0 aromatic heterocycles. The molecule has 0 amide bonds. The first kappa shape index (κ1) is 27.9.